The van der Waals surface area contributed by atoms with Gasteiger partial charge < -0.3 is 4.74 Å². The van der Waals surface area contributed by atoms with Crippen LogP contribution in [0.3, 0.4) is 0 Å². The van der Waals surface area contributed by atoms with E-state index >= 15 is 0 Å². The van der Waals surface area contributed by atoms with Crippen LogP contribution in [0.4, 0.5) is 3.89 Å². The molecule has 0 amide bonds. The molecule has 1 aromatic heterocycles. The van der Waals surface area contributed by atoms with Crippen LogP contribution in [-0.4, -0.2) is 20.5 Å². The Morgan fingerprint density at radius 1 is 1.58 bits per heavy atom. The van der Waals surface area contributed by atoms with Crippen LogP contribution in [0, 0.1) is 0 Å². The van der Waals surface area contributed by atoms with Gasteiger partial charge in [-0.05, 0) is 12.1 Å². The van der Waals surface area contributed by atoms with E-state index in [-0.39, 0.29) is 5.88 Å². The molecule has 0 radical (unpaired) electrons. The molecule has 0 fully saturated rings. The van der Waals surface area contributed by atoms with Crippen LogP contribution in [0.2, 0.25) is 0 Å². The quantitative estimate of drug-likeness (QED) is 0.647. The summed E-state index contributed by atoms with van der Waals surface area (Å²) in [5, 5.41) is 0. The average Bonchev–Trinajstić information content (AvgIpc) is 2.03. The third-order valence-corrected chi connectivity index (χ3v) is 2.03. The van der Waals surface area contributed by atoms with Crippen LogP contribution in [0.25, 0.3) is 0 Å². The van der Waals surface area contributed by atoms with Crippen LogP contribution < -0.4 is 4.74 Å². The number of hydrogen-bond donors (Lipinski definition) is 0. The number of aromatic nitrogens is 1. The van der Waals surface area contributed by atoms with Crippen molar-refractivity contribution in [3.05, 3.63) is 18.3 Å². The van der Waals surface area contributed by atoms with Crippen molar-refractivity contribution >= 4 is 10.2 Å². The molecule has 0 aliphatic heterocycles. The molecule has 0 aromatic carbocycles. The number of methoxy groups -OCH3 is 1. The first-order valence-corrected chi connectivity index (χ1v) is 4.37. The summed E-state index contributed by atoms with van der Waals surface area (Å²) in [6.45, 7) is 0. The molecule has 0 saturated heterocycles. The predicted molar refractivity (Wildman–Crippen MR) is 39.1 cm³/mol. The second kappa shape index (κ2) is 3.06. The fraction of sp³-hybridized carbons (Fsp3) is 0.167. The fourth-order valence-electron chi connectivity index (χ4n) is 0.715. The zero-order chi connectivity index (χ0) is 9.19. The third kappa shape index (κ3) is 1.70. The van der Waals surface area contributed by atoms with Gasteiger partial charge in [0.1, 0.15) is 0 Å². The van der Waals surface area contributed by atoms with E-state index in [4.69, 9.17) is 0 Å². The molecule has 6 heteroatoms. The SMILES string of the molecule is COc1ncccc1S(=O)(=O)F. The Kier molecular flexibility index (Phi) is 2.27. The van der Waals surface area contributed by atoms with E-state index in [1.807, 2.05) is 0 Å². The minimum atomic E-state index is -4.73. The molecule has 0 N–H and O–H groups in total. The molecule has 66 valence electrons. The molecule has 0 bridgehead atoms. The van der Waals surface area contributed by atoms with Gasteiger partial charge in [-0.3, -0.25) is 0 Å². The number of hydrogen-bond acceptors (Lipinski definition) is 4. The molecular formula is C6H6FNO3S. The van der Waals surface area contributed by atoms with Crippen molar-refractivity contribution in [1.82, 2.24) is 4.98 Å². The third-order valence-electron chi connectivity index (χ3n) is 1.19. The topological polar surface area (TPSA) is 56.3 Å². The first-order chi connectivity index (χ1) is 5.55. The molecule has 0 aliphatic carbocycles. The Bertz CT molecular complexity index is 376. The highest BCUT2D eigenvalue weighted by Crippen LogP contribution is 2.21. The maximum Gasteiger partial charge on any atom is 0.337 e. The zero-order valence-corrected chi connectivity index (χ0v) is 7.01. The summed E-state index contributed by atoms with van der Waals surface area (Å²) in [7, 11) is -3.51. The number of rotatable bonds is 2. The van der Waals surface area contributed by atoms with E-state index in [1.54, 1.807) is 0 Å². The second-order valence-electron chi connectivity index (χ2n) is 1.95. The minimum absolute atomic E-state index is 0.236. The summed E-state index contributed by atoms with van der Waals surface area (Å²) in [6, 6.07) is 2.40. The molecule has 1 aromatic rings. The van der Waals surface area contributed by atoms with Crippen LogP contribution >= 0.6 is 0 Å². The van der Waals surface area contributed by atoms with Crippen molar-refractivity contribution < 1.29 is 17.0 Å². The maximum absolute atomic E-state index is 12.4. The molecule has 0 unspecified atom stereocenters. The van der Waals surface area contributed by atoms with Gasteiger partial charge in [0.25, 0.3) is 0 Å². The molecule has 1 rings (SSSR count). The van der Waals surface area contributed by atoms with Crippen molar-refractivity contribution in [1.29, 1.82) is 0 Å². The van der Waals surface area contributed by atoms with Gasteiger partial charge in [0, 0.05) is 6.20 Å². The normalized spacial score (nSPS) is 11.2. The van der Waals surface area contributed by atoms with E-state index in [0.29, 0.717) is 0 Å². The van der Waals surface area contributed by atoms with Crippen molar-refractivity contribution in [3.63, 3.8) is 0 Å². The molecular weight excluding hydrogens is 185 g/mol. The Morgan fingerprint density at radius 2 is 2.25 bits per heavy atom. The van der Waals surface area contributed by atoms with Crippen LogP contribution in [0.15, 0.2) is 23.2 Å². The summed E-state index contributed by atoms with van der Waals surface area (Å²) < 4.78 is 37.8. The number of ether oxygens (including phenoxy) is 1. The lowest BCUT2D eigenvalue weighted by Crippen LogP contribution is -1.98. The standard InChI is InChI=1S/C6H6FNO3S/c1-11-6-5(12(7,9)10)3-2-4-8-6/h2-4H,1H3. The molecule has 4 nitrogen and oxygen atoms in total. The van der Waals surface area contributed by atoms with Gasteiger partial charge in [0.05, 0.1) is 7.11 Å². The van der Waals surface area contributed by atoms with Crippen LogP contribution in [0.5, 0.6) is 5.88 Å². The molecule has 0 aliphatic rings. The van der Waals surface area contributed by atoms with Crippen LogP contribution in [0.1, 0.15) is 0 Å². The van der Waals surface area contributed by atoms with E-state index in [1.165, 1.54) is 19.4 Å². The Balaban J connectivity index is 3.33. The monoisotopic (exact) mass is 191 g/mol. The van der Waals surface area contributed by atoms with Gasteiger partial charge >= 0.3 is 10.2 Å². The van der Waals surface area contributed by atoms with Crippen molar-refractivity contribution in [2.24, 2.45) is 0 Å². The molecule has 0 saturated carbocycles. The number of nitrogens with zero attached hydrogens (tertiary/aromatic N) is 1. The smallest absolute Gasteiger partial charge is 0.337 e. The van der Waals surface area contributed by atoms with Crippen molar-refractivity contribution in [2.75, 3.05) is 7.11 Å². The lowest BCUT2D eigenvalue weighted by molar-refractivity contribution is 0.383. The van der Waals surface area contributed by atoms with Crippen LogP contribution in [-0.2, 0) is 10.2 Å². The van der Waals surface area contributed by atoms with E-state index in [9.17, 15) is 12.3 Å². The summed E-state index contributed by atoms with van der Waals surface area (Å²) >= 11 is 0. The van der Waals surface area contributed by atoms with Gasteiger partial charge in [0.2, 0.25) is 5.88 Å². The highest BCUT2D eigenvalue weighted by Gasteiger charge is 2.18. The highest BCUT2D eigenvalue weighted by molar-refractivity contribution is 7.86. The van der Waals surface area contributed by atoms with E-state index in [0.717, 1.165) is 6.07 Å². The lowest BCUT2D eigenvalue weighted by atomic mass is 10.5. The molecule has 0 atom stereocenters. The summed E-state index contributed by atoms with van der Waals surface area (Å²) in [5.41, 5.74) is 0. The van der Waals surface area contributed by atoms with Gasteiger partial charge in [-0.1, -0.05) is 0 Å². The zero-order valence-electron chi connectivity index (χ0n) is 6.19. The molecule has 12 heavy (non-hydrogen) atoms. The summed E-state index contributed by atoms with van der Waals surface area (Å²) in [6.07, 6.45) is 1.31. The largest absolute Gasteiger partial charge is 0.480 e. The Hall–Kier alpha value is -1.17. The first kappa shape index (κ1) is 8.92. The molecule has 0 spiro atoms. The van der Waals surface area contributed by atoms with Gasteiger partial charge in [-0.25, -0.2) is 4.98 Å². The van der Waals surface area contributed by atoms with Gasteiger partial charge in [-0.2, -0.15) is 8.42 Å². The maximum atomic E-state index is 12.4. The van der Waals surface area contributed by atoms with Crippen molar-refractivity contribution in [3.8, 4) is 5.88 Å². The average molecular weight is 191 g/mol. The fourth-order valence-corrected chi connectivity index (χ4v) is 1.30. The first-order valence-electron chi connectivity index (χ1n) is 2.99. The van der Waals surface area contributed by atoms with Gasteiger partial charge in [-0.15, -0.1) is 3.89 Å². The predicted octanol–water partition coefficient (Wildman–Crippen LogP) is 0.748. The van der Waals surface area contributed by atoms with E-state index < -0.39 is 15.1 Å². The Morgan fingerprint density at radius 3 is 2.67 bits per heavy atom. The lowest BCUT2D eigenvalue weighted by Gasteiger charge is -2.00. The second-order valence-corrected chi connectivity index (χ2v) is 3.26. The van der Waals surface area contributed by atoms with Crippen molar-refractivity contribution in [2.45, 2.75) is 4.90 Å². The van der Waals surface area contributed by atoms with Gasteiger partial charge in [0.15, 0.2) is 4.90 Å². The number of halogens is 1. The molecule has 1 heterocycles. The van der Waals surface area contributed by atoms with E-state index in [2.05, 4.69) is 9.72 Å². The number of pyridine rings is 1. The highest BCUT2D eigenvalue weighted by atomic mass is 32.3. The Labute approximate surface area is 69.2 Å². The summed E-state index contributed by atoms with van der Waals surface area (Å²) in [4.78, 5) is 2.97. The summed E-state index contributed by atoms with van der Waals surface area (Å²) in [5.74, 6) is -0.236. The minimum Gasteiger partial charge on any atom is -0.480 e.